The first-order chi connectivity index (χ1) is 19.9. The first-order valence-electron chi connectivity index (χ1n) is 13.5. The predicted octanol–water partition coefficient (Wildman–Crippen LogP) is 4.37. The monoisotopic (exact) mass is 581 g/mol. The van der Waals surface area contributed by atoms with Gasteiger partial charge in [-0.2, -0.15) is 5.26 Å². The summed E-state index contributed by atoms with van der Waals surface area (Å²) in [6.07, 6.45) is 1.76. The molecule has 4 N–H and O–H groups in total. The van der Waals surface area contributed by atoms with E-state index in [1.165, 1.54) is 10.5 Å². The highest BCUT2D eigenvalue weighted by Crippen LogP contribution is 2.49. The molecule has 0 saturated carbocycles. The van der Waals surface area contributed by atoms with Crippen LogP contribution in [-0.2, 0) is 10.4 Å². The number of nitrogens with two attached hydrogens (primary N) is 1. The number of nitrogens with zero attached hydrogens (tertiary/aromatic N) is 3. The maximum Gasteiger partial charge on any atom is 0.340 e. The third-order valence-electron chi connectivity index (χ3n) is 8.42. The molecule has 10 heteroatoms. The van der Waals surface area contributed by atoms with E-state index in [0.29, 0.717) is 33.5 Å². The second-order valence-electron chi connectivity index (χ2n) is 11.4. The topological polar surface area (TPSA) is 146 Å². The van der Waals surface area contributed by atoms with Crippen molar-refractivity contribution in [2.45, 2.75) is 44.6 Å². The van der Waals surface area contributed by atoms with Crippen LogP contribution in [0.5, 0.6) is 0 Å². The number of aromatic nitrogens is 3. The molecular weight excluding hydrogens is 554 g/mol. The summed E-state index contributed by atoms with van der Waals surface area (Å²) < 4.78 is 2.42. The Bertz CT molecular complexity index is 2090. The van der Waals surface area contributed by atoms with Crippen molar-refractivity contribution in [2.24, 2.45) is 11.7 Å². The summed E-state index contributed by atoms with van der Waals surface area (Å²) >= 11 is 6.25. The number of pyridine rings is 1. The van der Waals surface area contributed by atoms with Crippen LogP contribution in [0.2, 0.25) is 5.02 Å². The van der Waals surface area contributed by atoms with Crippen molar-refractivity contribution in [3.8, 4) is 11.8 Å². The summed E-state index contributed by atoms with van der Waals surface area (Å²) in [6.45, 7) is 5.20. The van der Waals surface area contributed by atoms with Gasteiger partial charge in [-0.25, -0.2) is 9.36 Å². The fourth-order valence-electron chi connectivity index (χ4n) is 6.32. The highest BCUT2D eigenvalue weighted by Gasteiger charge is 2.42. The maximum atomic E-state index is 13.6. The van der Waals surface area contributed by atoms with E-state index < -0.39 is 40.5 Å². The van der Waals surface area contributed by atoms with Crippen LogP contribution in [0.15, 0.2) is 70.4 Å². The molecule has 1 amide bonds. The number of nitriles is 1. The SMILES string of the molecule is Cc1c([C@H]2c3c([nH]c4cc(C(C)(C)O)ccc34)[C@@H](C(N)=O)CC2C#N)cccc1-n1c(=O)cc2c(Cl)cccn2c1=O. The van der Waals surface area contributed by atoms with Crippen molar-refractivity contribution >= 4 is 33.9 Å². The Balaban J connectivity index is 1.62. The molecule has 3 heterocycles. The molecule has 5 aromatic rings. The van der Waals surface area contributed by atoms with Gasteiger partial charge in [0.05, 0.1) is 39.7 Å². The Morgan fingerprint density at radius 2 is 1.93 bits per heavy atom. The first kappa shape index (κ1) is 27.5. The first-order valence-corrected chi connectivity index (χ1v) is 13.9. The van der Waals surface area contributed by atoms with E-state index in [1.807, 2.05) is 31.2 Å². The number of primary amides is 1. The number of H-pyrrole nitrogens is 1. The molecule has 42 heavy (non-hydrogen) atoms. The molecule has 3 atom stereocenters. The van der Waals surface area contributed by atoms with Gasteiger partial charge in [0.1, 0.15) is 0 Å². The van der Waals surface area contributed by atoms with Gasteiger partial charge in [-0.05, 0) is 73.7 Å². The molecule has 2 aromatic carbocycles. The minimum Gasteiger partial charge on any atom is -0.386 e. The minimum absolute atomic E-state index is 0.204. The van der Waals surface area contributed by atoms with Gasteiger partial charge in [-0.15, -0.1) is 0 Å². The van der Waals surface area contributed by atoms with Gasteiger partial charge < -0.3 is 15.8 Å². The smallest absolute Gasteiger partial charge is 0.340 e. The van der Waals surface area contributed by atoms with Gasteiger partial charge in [-0.3, -0.25) is 14.0 Å². The molecule has 0 fully saturated rings. The molecule has 6 rings (SSSR count). The molecule has 0 spiro atoms. The number of halogens is 1. The third kappa shape index (κ3) is 4.14. The standard InChI is InChI=1S/C32H28ClN5O4/c1-16-19(6-4-8-24(16)38-26(39)14-25-22(33)7-5-11-37(25)31(38)41)27-17(15-34)12-21(30(35)40)29-28(27)20-10-9-18(32(2,3)42)13-23(20)36-29/h4-11,13-14,17,21,27,36,42H,12H2,1-3H3,(H2,35,40)/t17?,21-,27-/m0/s1. The zero-order valence-electron chi connectivity index (χ0n) is 23.2. The Labute approximate surface area is 245 Å². The highest BCUT2D eigenvalue weighted by molar-refractivity contribution is 6.33. The number of fused-ring (bicyclic) bond motifs is 4. The number of rotatable bonds is 4. The van der Waals surface area contributed by atoms with Gasteiger partial charge >= 0.3 is 5.69 Å². The van der Waals surface area contributed by atoms with Gasteiger partial charge in [0, 0.05) is 34.8 Å². The van der Waals surface area contributed by atoms with Crippen LogP contribution in [0, 0.1) is 24.2 Å². The van der Waals surface area contributed by atoms with Gasteiger partial charge in [0.25, 0.3) is 5.56 Å². The number of benzene rings is 2. The van der Waals surface area contributed by atoms with Crippen molar-refractivity contribution in [1.29, 1.82) is 5.26 Å². The quantitative estimate of drug-likeness (QED) is 0.288. The van der Waals surface area contributed by atoms with E-state index in [0.717, 1.165) is 21.1 Å². The van der Waals surface area contributed by atoms with Crippen LogP contribution in [0.1, 0.15) is 60.1 Å². The Hall–Kier alpha value is -4.65. The lowest BCUT2D eigenvalue weighted by atomic mass is 9.69. The maximum absolute atomic E-state index is 13.6. The molecule has 1 aliphatic carbocycles. The molecule has 3 aromatic heterocycles. The van der Waals surface area contributed by atoms with Crippen LogP contribution in [0.3, 0.4) is 0 Å². The number of nitrogens with one attached hydrogen (secondary N) is 1. The molecular formula is C32H28ClN5O4. The molecule has 1 unspecified atom stereocenters. The lowest BCUT2D eigenvalue weighted by molar-refractivity contribution is -0.120. The lowest BCUT2D eigenvalue weighted by Gasteiger charge is -2.33. The molecule has 212 valence electrons. The van der Waals surface area contributed by atoms with Crippen molar-refractivity contribution in [3.63, 3.8) is 0 Å². The van der Waals surface area contributed by atoms with Gasteiger partial charge in [-0.1, -0.05) is 35.9 Å². The second kappa shape index (κ2) is 9.72. The molecule has 9 nitrogen and oxygen atoms in total. The molecule has 0 bridgehead atoms. The fourth-order valence-corrected chi connectivity index (χ4v) is 6.54. The number of carbonyl (C=O) groups is 1. The largest absolute Gasteiger partial charge is 0.386 e. The average molecular weight is 582 g/mol. The number of aliphatic hydroxyl groups is 1. The van der Waals surface area contributed by atoms with Gasteiger partial charge in [0.15, 0.2) is 0 Å². The van der Waals surface area contributed by atoms with E-state index in [1.54, 1.807) is 44.3 Å². The van der Waals surface area contributed by atoms with E-state index in [2.05, 4.69) is 11.1 Å². The van der Waals surface area contributed by atoms with Crippen LogP contribution >= 0.6 is 11.6 Å². The van der Waals surface area contributed by atoms with Crippen LogP contribution in [0.25, 0.3) is 22.1 Å². The predicted molar refractivity (Wildman–Crippen MR) is 160 cm³/mol. The van der Waals surface area contributed by atoms with Crippen molar-refractivity contribution in [3.05, 3.63) is 115 Å². The zero-order valence-corrected chi connectivity index (χ0v) is 23.9. The Kier molecular flexibility index (Phi) is 6.37. The van der Waals surface area contributed by atoms with Crippen LogP contribution in [0.4, 0.5) is 0 Å². The summed E-state index contributed by atoms with van der Waals surface area (Å²) in [6, 6.07) is 17.8. The second-order valence-corrected chi connectivity index (χ2v) is 11.8. The Morgan fingerprint density at radius 1 is 1.17 bits per heavy atom. The summed E-state index contributed by atoms with van der Waals surface area (Å²) in [7, 11) is 0. The minimum atomic E-state index is -1.09. The highest BCUT2D eigenvalue weighted by atomic mass is 35.5. The normalized spacial score (nSPS) is 18.6. The van der Waals surface area contributed by atoms with Crippen LogP contribution < -0.4 is 17.0 Å². The zero-order chi connectivity index (χ0) is 30.1. The van der Waals surface area contributed by atoms with E-state index in [4.69, 9.17) is 17.3 Å². The van der Waals surface area contributed by atoms with Crippen LogP contribution in [-0.4, -0.2) is 25.0 Å². The van der Waals surface area contributed by atoms with E-state index >= 15 is 0 Å². The third-order valence-corrected chi connectivity index (χ3v) is 8.74. The number of amides is 1. The molecule has 0 radical (unpaired) electrons. The molecule has 0 aliphatic heterocycles. The number of aromatic amines is 1. The van der Waals surface area contributed by atoms with E-state index in [9.17, 15) is 24.8 Å². The number of hydrogen-bond donors (Lipinski definition) is 3. The van der Waals surface area contributed by atoms with Crippen molar-refractivity contribution < 1.29 is 9.90 Å². The Morgan fingerprint density at radius 3 is 2.62 bits per heavy atom. The fraction of sp³-hybridized carbons (Fsp3) is 0.250. The molecule has 0 saturated heterocycles. The lowest BCUT2D eigenvalue weighted by Crippen LogP contribution is -2.36. The average Bonchev–Trinajstić information content (AvgIpc) is 3.32. The number of carbonyl (C=O) groups excluding carboxylic acids is 1. The summed E-state index contributed by atoms with van der Waals surface area (Å²) in [4.78, 5) is 42.8. The summed E-state index contributed by atoms with van der Waals surface area (Å²) in [5.41, 5.74) is 8.53. The van der Waals surface area contributed by atoms with Crippen molar-refractivity contribution in [2.75, 3.05) is 0 Å². The number of hydrogen-bond acceptors (Lipinski definition) is 5. The summed E-state index contributed by atoms with van der Waals surface area (Å²) in [5, 5.41) is 22.0. The molecule has 1 aliphatic rings. The summed E-state index contributed by atoms with van der Waals surface area (Å²) in [5.74, 6) is -2.36. The van der Waals surface area contributed by atoms with Crippen molar-refractivity contribution in [1.82, 2.24) is 14.0 Å². The van der Waals surface area contributed by atoms with Gasteiger partial charge in [0.2, 0.25) is 5.91 Å². The van der Waals surface area contributed by atoms with E-state index in [-0.39, 0.29) is 11.4 Å².